The van der Waals surface area contributed by atoms with Gasteiger partial charge in [0.2, 0.25) is 5.82 Å². The first-order chi connectivity index (χ1) is 9.79. The molecule has 0 radical (unpaired) electrons. The maximum absolute atomic E-state index is 10.8. The minimum absolute atomic E-state index is 0.0410. The lowest BCUT2D eigenvalue weighted by Crippen LogP contribution is -2.20. The van der Waals surface area contributed by atoms with Crippen LogP contribution in [0.15, 0.2) is 12.1 Å². The van der Waals surface area contributed by atoms with Crippen LogP contribution in [0.1, 0.15) is 26.7 Å². The Hall–Kier alpha value is -2.38. The molecular weight excluding hydrogens is 276 g/mol. The molecule has 0 aliphatic rings. The number of nitrogens with two attached hydrogens (primary N) is 1. The lowest BCUT2D eigenvalue weighted by Gasteiger charge is -2.18. The highest BCUT2D eigenvalue weighted by Crippen LogP contribution is 2.22. The van der Waals surface area contributed by atoms with E-state index >= 15 is 0 Å². The summed E-state index contributed by atoms with van der Waals surface area (Å²) in [6.45, 7) is 4.47. The zero-order valence-corrected chi connectivity index (χ0v) is 12.1. The lowest BCUT2D eigenvalue weighted by molar-refractivity contribution is -0.384. The number of pyridine rings is 1. The highest BCUT2D eigenvalue weighted by molar-refractivity contribution is 5.67. The summed E-state index contributed by atoms with van der Waals surface area (Å²) < 4.78 is 0. The molecule has 4 N–H and O–H groups in total. The van der Waals surface area contributed by atoms with Crippen LogP contribution in [0.4, 0.5) is 17.3 Å². The summed E-state index contributed by atoms with van der Waals surface area (Å²) in [6.07, 6.45) is 0.829. The molecule has 1 heterocycles. The monoisotopic (exact) mass is 296 g/mol. The van der Waals surface area contributed by atoms with Gasteiger partial charge in [0.05, 0.1) is 4.92 Å². The van der Waals surface area contributed by atoms with Gasteiger partial charge in [-0.1, -0.05) is 13.8 Å². The van der Waals surface area contributed by atoms with Crippen molar-refractivity contribution < 1.29 is 14.8 Å². The number of aliphatic carboxylic acids is 1. The molecule has 0 aliphatic heterocycles. The largest absolute Gasteiger partial charge is 0.481 e. The van der Waals surface area contributed by atoms with E-state index in [1.54, 1.807) is 0 Å². The fourth-order valence-electron chi connectivity index (χ4n) is 2.12. The summed E-state index contributed by atoms with van der Waals surface area (Å²) in [5.41, 5.74) is 5.26. The molecule has 8 heteroatoms. The number of rotatable bonds is 8. The number of nitro groups is 1. The molecule has 0 saturated heterocycles. The number of carbonyl (C=O) groups is 1. The van der Waals surface area contributed by atoms with E-state index in [1.165, 1.54) is 12.1 Å². The van der Waals surface area contributed by atoms with Gasteiger partial charge in [0.15, 0.2) is 0 Å². The number of carboxylic acid groups (broad SMARTS) is 1. The van der Waals surface area contributed by atoms with Gasteiger partial charge in [-0.3, -0.25) is 14.9 Å². The van der Waals surface area contributed by atoms with Crippen LogP contribution in [0, 0.1) is 22.0 Å². The minimum atomic E-state index is -0.848. The predicted molar refractivity (Wildman–Crippen MR) is 79.0 cm³/mol. The molecule has 1 aromatic rings. The molecule has 0 aromatic carbocycles. The summed E-state index contributed by atoms with van der Waals surface area (Å²) in [5.74, 6) is -0.272. The van der Waals surface area contributed by atoms with Gasteiger partial charge >= 0.3 is 11.7 Å². The molecule has 8 nitrogen and oxygen atoms in total. The first-order valence-electron chi connectivity index (χ1n) is 6.66. The summed E-state index contributed by atoms with van der Waals surface area (Å²) >= 11 is 0. The highest BCUT2D eigenvalue weighted by Gasteiger charge is 2.16. The van der Waals surface area contributed by atoms with E-state index < -0.39 is 10.9 Å². The topological polar surface area (TPSA) is 131 Å². The summed E-state index contributed by atoms with van der Waals surface area (Å²) in [7, 11) is 0. The summed E-state index contributed by atoms with van der Waals surface area (Å²) in [5, 5.41) is 22.5. The Bertz CT molecular complexity index is 519. The third kappa shape index (κ3) is 5.64. The van der Waals surface area contributed by atoms with Crippen molar-refractivity contribution in [2.75, 3.05) is 17.6 Å². The molecule has 116 valence electrons. The van der Waals surface area contributed by atoms with Gasteiger partial charge in [-0.2, -0.15) is 0 Å². The van der Waals surface area contributed by atoms with Gasteiger partial charge in [-0.05, 0) is 24.3 Å². The summed E-state index contributed by atoms with van der Waals surface area (Å²) in [6, 6.07) is 2.74. The average molecular weight is 296 g/mol. The zero-order chi connectivity index (χ0) is 16.0. The molecule has 0 amide bonds. The van der Waals surface area contributed by atoms with E-state index in [2.05, 4.69) is 10.3 Å². The number of nitrogens with zero attached hydrogens (tertiary/aromatic N) is 2. The van der Waals surface area contributed by atoms with Gasteiger partial charge in [-0.15, -0.1) is 0 Å². The van der Waals surface area contributed by atoms with Crippen molar-refractivity contribution in [1.29, 1.82) is 0 Å². The van der Waals surface area contributed by atoms with Crippen molar-refractivity contribution in [3.8, 4) is 0 Å². The Labute approximate surface area is 122 Å². The van der Waals surface area contributed by atoms with Crippen LogP contribution in [0.25, 0.3) is 0 Å². The molecule has 0 spiro atoms. The van der Waals surface area contributed by atoms with Crippen molar-refractivity contribution in [3.05, 3.63) is 22.2 Å². The number of nitrogens with one attached hydrogen (secondary N) is 1. The normalized spacial score (nSPS) is 12.1. The maximum atomic E-state index is 10.8. The molecular formula is C13H20N4O4. The first-order valence-corrected chi connectivity index (χ1v) is 6.66. The highest BCUT2D eigenvalue weighted by atomic mass is 16.6. The zero-order valence-electron chi connectivity index (χ0n) is 12.1. The van der Waals surface area contributed by atoms with E-state index in [1.807, 2.05) is 13.8 Å². The second-order valence-electron chi connectivity index (χ2n) is 5.33. The maximum Gasteiger partial charge on any atom is 0.311 e. The van der Waals surface area contributed by atoms with E-state index in [-0.39, 0.29) is 23.8 Å². The van der Waals surface area contributed by atoms with Crippen LogP contribution in [-0.2, 0) is 4.79 Å². The molecule has 1 aromatic heterocycles. The van der Waals surface area contributed by atoms with E-state index in [4.69, 9.17) is 10.8 Å². The van der Waals surface area contributed by atoms with Crippen molar-refractivity contribution in [3.63, 3.8) is 0 Å². The second kappa shape index (κ2) is 7.41. The average Bonchev–Trinajstić information content (AvgIpc) is 2.34. The van der Waals surface area contributed by atoms with Gasteiger partial charge in [0, 0.05) is 19.0 Å². The number of hydrogen-bond donors (Lipinski definition) is 3. The van der Waals surface area contributed by atoms with Crippen LogP contribution in [0.2, 0.25) is 0 Å². The smallest absolute Gasteiger partial charge is 0.311 e. The second-order valence-corrected chi connectivity index (χ2v) is 5.33. The van der Waals surface area contributed by atoms with Crippen LogP contribution >= 0.6 is 0 Å². The predicted octanol–water partition coefficient (Wildman–Crippen LogP) is 2.12. The third-order valence-corrected chi connectivity index (χ3v) is 2.94. The summed E-state index contributed by atoms with van der Waals surface area (Å²) in [4.78, 5) is 24.8. The van der Waals surface area contributed by atoms with E-state index in [9.17, 15) is 14.9 Å². The Morgan fingerprint density at radius 3 is 2.67 bits per heavy atom. The minimum Gasteiger partial charge on any atom is -0.481 e. The Balaban J connectivity index is 2.69. The SMILES string of the molecule is CC(C)CC(CNc1ccc([N+](=O)[O-])c(N)n1)CC(=O)O. The van der Waals surface area contributed by atoms with Gasteiger partial charge in [0.1, 0.15) is 5.82 Å². The van der Waals surface area contributed by atoms with Crippen molar-refractivity contribution in [2.45, 2.75) is 26.7 Å². The quantitative estimate of drug-likeness (QED) is 0.494. The molecule has 0 aliphatic carbocycles. The number of nitrogen functional groups attached to an aromatic ring is 1. The van der Waals surface area contributed by atoms with Gasteiger partial charge < -0.3 is 16.2 Å². The van der Waals surface area contributed by atoms with Crippen LogP contribution in [0.3, 0.4) is 0 Å². The standard InChI is InChI=1S/C13H20N4O4/c1-8(2)5-9(6-12(18)19)7-15-11-4-3-10(17(20)21)13(14)16-11/h3-4,8-9H,5-7H2,1-2H3,(H,18,19)(H3,14,15,16). The van der Waals surface area contributed by atoms with Crippen molar-refractivity contribution in [1.82, 2.24) is 4.98 Å². The van der Waals surface area contributed by atoms with Crippen LogP contribution in [0.5, 0.6) is 0 Å². The molecule has 21 heavy (non-hydrogen) atoms. The third-order valence-electron chi connectivity index (χ3n) is 2.94. The molecule has 1 unspecified atom stereocenters. The Morgan fingerprint density at radius 1 is 1.52 bits per heavy atom. The van der Waals surface area contributed by atoms with Gasteiger partial charge in [0.25, 0.3) is 0 Å². The first kappa shape index (κ1) is 16.7. The van der Waals surface area contributed by atoms with Crippen molar-refractivity contribution >= 4 is 23.3 Å². The fourth-order valence-corrected chi connectivity index (χ4v) is 2.12. The number of carboxylic acids is 1. The van der Waals surface area contributed by atoms with Crippen LogP contribution in [-0.4, -0.2) is 27.5 Å². The van der Waals surface area contributed by atoms with Crippen molar-refractivity contribution in [2.24, 2.45) is 11.8 Å². The molecule has 0 saturated carbocycles. The Kier molecular flexibility index (Phi) is 5.89. The number of aromatic nitrogens is 1. The number of anilines is 2. The van der Waals surface area contributed by atoms with Gasteiger partial charge in [-0.25, -0.2) is 4.98 Å². The lowest BCUT2D eigenvalue weighted by atomic mass is 9.94. The Morgan fingerprint density at radius 2 is 2.19 bits per heavy atom. The number of hydrogen-bond acceptors (Lipinski definition) is 6. The van der Waals surface area contributed by atoms with E-state index in [0.717, 1.165) is 6.42 Å². The molecule has 0 bridgehead atoms. The van der Waals surface area contributed by atoms with E-state index in [0.29, 0.717) is 18.3 Å². The molecule has 1 atom stereocenters. The fraction of sp³-hybridized carbons (Fsp3) is 0.538. The molecule has 0 fully saturated rings. The van der Waals surface area contributed by atoms with Crippen LogP contribution < -0.4 is 11.1 Å². The molecule has 1 rings (SSSR count).